The number of aromatic nitrogens is 2. The highest BCUT2D eigenvalue weighted by molar-refractivity contribution is 6.30. The lowest BCUT2D eigenvalue weighted by Gasteiger charge is -2.02. The first-order valence-corrected chi connectivity index (χ1v) is 6.95. The monoisotopic (exact) mass is 313 g/mol. The van der Waals surface area contributed by atoms with E-state index < -0.39 is 0 Å². The fourth-order valence-electron chi connectivity index (χ4n) is 2.04. The molecule has 0 aliphatic carbocycles. The predicted octanol–water partition coefficient (Wildman–Crippen LogP) is 3.16. The molecule has 6 heteroatoms. The van der Waals surface area contributed by atoms with Crippen LogP contribution in [-0.2, 0) is 4.79 Å². The van der Waals surface area contributed by atoms with E-state index in [1.54, 1.807) is 36.4 Å². The molecule has 110 valence electrons. The molecule has 1 aromatic heterocycles. The van der Waals surface area contributed by atoms with E-state index in [4.69, 9.17) is 11.6 Å². The van der Waals surface area contributed by atoms with E-state index in [0.717, 1.165) is 5.56 Å². The molecular weight excluding hydrogens is 302 g/mol. The second-order valence-corrected chi connectivity index (χ2v) is 5.15. The summed E-state index contributed by atoms with van der Waals surface area (Å²) in [5, 5.41) is 3.39. The van der Waals surface area contributed by atoms with Crippen LogP contribution in [-0.4, -0.2) is 15.9 Å². The molecule has 0 aliphatic rings. The maximum atomic E-state index is 11.9. The van der Waals surface area contributed by atoms with Crippen molar-refractivity contribution < 1.29 is 4.79 Å². The second kappa shape index (κ2) is 5.91. The molecule has 1 heterocycles. The van der Waals surface area contributed by atoms with Gasteiger partial charge >= 0.3 is 5.69 Å². The number of nitrogens with one attached hydrogen (secondary N) is 3. The van der Waals surface area contributed by atoms with Crippen molar-refractivity contribution >= 4 is 40.3 Å². The third-order valence-electron chi connectivity index (χ3n) is 3.08. The summed E-state index contributed by atoms with van der Waals surface area (Å²) in [5.74, 6) is -0.257. The van der Waals surface area contributed by atoms with E-state index in [9.17, 15) is 9.59 Å². The molecule has 0 radical (unpaired) electrons. The molecule has 0 unspecified atom stereocenters. The van der Waals surface area contributed by atoms with Crippen molar-refractivity contribution in [1.29, 1.82) is 0 Å². The van der Waals surface area contributed by atoms with E-state index in [1.807, 2.05) is 12.1 Å². The van der Waals surface area contributed by atoms with Gasteiger partial charge in [0.1, 0.15) is 0 Å². The molecule has 0 saturated carbocycles. The number of fused-ring (bicyclic) bond motifs is 1. The summed E-state index contributed by atoms with van der Waals surface area (Å²) in [7, 11) is 0. The van der Waals surface area contributed by atoms with Gasteiger partial charge in [0.2, 0.25) is 5.91 Å². The third-order valence-corrected chi connectivity index (χ3v) is 3.33. The molecule has 0 aliphatic heterocycles. The number of rotatable bonds is 3. The zero-order chi connectivity index (χ0) is 15.5. The van der Waals surface area contributed by atoms with E-state index in [2.05, 4.69) is 15.3 Å². The quantitative estimate of drug-likeness (QED) is 0.649. The molecule has 5 nitrogen and oxygen atoms in total. The predicted molar refractivity (Wildman–Crippen MR) is 88.0 cm³/mol. The molecule has 3 rings (SSSR count). The Kier molecular flexibility index (Phi) is 3.80. The van der Waals surface area contributed by atoms with E-state index in [0.29, 0.717) is 21.7 Å². The Morgan fingerprint density at radius 3 is 2.55 bits per heavy atom. The van der Waals surface area contributed by atoms with Gasteiger partial charge in [-0.25, -0.2) is 4.79 Å². The standard InChI is InChI=1S/C16H12ClN3O2/c17-11-4-1-10(2-5-11)3-8-15(21)18-12-6-7-13-14(9-12)20-16(22)19-13/h1-9H,(H,18,21)(H2,19,20,22). The van der Waals surface area contributed by atoms with Crippen LogP contribution < -0.4 is 11.0 Å². The van der Waals surface area contributed by atoms with Crippen LogP contribution in [0.5, 0.6) is 0 Å². The number of hydrogen-bond donors (Lipinski definition) is 3. The number of imidazole rings is 1. The molecule has 0 saturated heterocycles. The molecule has 3 N–H and O–H groups in total. The van der Waals surface area contributed by atoms with Gasteiger partial charge in [-0.2, -0.15) is 0 Å². The number of H-pyrrole nitrogens is 2. The SMILES string of the molecule is O=C(C=Cc1ccc(Cl)cc1)Nc1ccc2[nH]c(=O)[nH]c2c1. The van der Waals surface area contributed by atoms with Crippen LogP contribution in [0.2, 0.25) is 5.02 Å². The van der Waals surface area contributed by atoms with Crippen LogP contribution in [0.25, 0.3) is 17.1 Å². The number of benzene rings is 2. The Balaban J connectivity index is 1.72. The second-order valence-electron chi connectivity index (χ2n) is 4.71. The van der Waals surface area contributed by atoms with Crippen LogP contribution in [0.15, 0.2) is 53.3 Å². The van der Waals surface area contributed by atoms with Gasteiger partial charge in [0.25, 0.3) is 0 Å². The van der Waals surface area contributed by atoms with Crippen LogP contribution in [0.3, 0.4) is 0 Å². The number of anilines is 1. The van der Waals surface area contributed by atoms with Crippen molar-refractivity contribution in [1.82, 2.24) is 9.97 Å². The fraction of sp³-hybridized carbons (Fsp3) is 0. The van der Waals surface area contributed by atoms with Crippen LogP contribution >= 0.6 is 11.6 Å². The summed E-state index contributed by atoms with van der Waals surface area (Å²) < 4.78 is 0. The molecule has 0 spiro atoms. The summed E-state index contributed by atoms with van der Waals surface area (Å²) in [4.78, 5) is 28.4. The van der Waals surface area contributed by atoms with Gasteiger partial charge < -0.3 is 15.3 Å². The lowest BCUT2D eigenvalue weighted by molar-refractivity contribution is -0.111. The topological polar surface area (TPSA) is 77.8 Å². The van der Waals surface area contributed by atoms with Crippen molar-refractivity contribution in [3.8, 4) is 0 Å². The highest BCUT2D eigenvalue weighted by Gasteiger charge is 2.02. The van der Waals surface area contributed by atoms with Crippen molar-refractivity contribution in [2.75, 3.05) is 5.32 Å². The van der Waals surface area contributed by atoms with Crippen LogP contribution in [0.4, 0.5) is 5.69 Å². The number of hydrogen-bond acceptors (Lipinski definition) is 2. The smallest absolute Gasteiger partial charge is 0.322 e. The normalized spacial score (nSPS) is 11.1. The van der Waals surface area contributed by atoms with Gasteiger partial charge in [-0.15, -0.1) is 0 Å². The highest BCUT2D eigenvalue weighted by atomic mass is 35.5. The number of amides is 1. The Morgan fingerprint density at radius 2 is 1.77 bits per heavy atom. The largest absolute Gasteiger partial charge is 0.323 e. The molecule has 1 amide bonds. The van der Waals surface area contributed by atoms with Gasteiger partial charge in [-0.3, -0.25) is 4.79 Å². The summed E-state index contributed by atoms with van der Waals surface area (Å²) in [6.45, 7) is 0. The maximum Gasteiger partial charge on any atom is 0.323 e. The summed E-state index contributed by atoms with van der Waals surface area (Å²) in [6, 6.07) is 12.3. The Morgan fingerprint density at radius 1 is 1.05 bits per heavy atom. The van der Waals surface area contributed by atoms with Gasteiger partial charge in [0, 0.05) is 16.8 Å². The number of carbonyl (C=O) groups is 1. The molecule has 3 aromatic rings. The van der Waals surface area contributed by atoms with E-state index >= 15 is 0 Å². The van der Waals surface area contributed by atoms with Crippen molar-refractivity contribution in [3.05, 3.63) is 69.6 Å². The summed E-state index contributed by atoms with van der Waals surface area (Å²) in [5.41, 5.74) is 2.55. The van der Waals surface area contributed by atoms with Crippen molar-refractivity contribution in [2.45, 2.75) is 0 Å². The average Bonchev–Trinajstić information content (AvgIpc) is 2.86. The van der Waals surface area contributed by atoms with E-state index in [-0.39, 0.29) is 11.6 Å². The number of carbonyl (C=O) groups excluding carboxylic acids is 1. The van der Waals surface area contributed by atoms with Crippen molar-refractivity contribution in [2.24, 2.45) is 0 Å². The minimum atomic E-state index is -0.277. The highest BCUT2D eigenvalue weighted by Crippen LogP contribution is 2.15. The Hall–Kier alpha value is -2.79. The van der Waals surface area contributed by atoms with Crippen LogP contribution in [0, 0.1) is 0 Å². The third kappa shape index (κ3) is 3.27. The summed E-state index contributed by atoms with van der Waals surface area (Å²) >= 11 is 5.80. The lowest BCUT2D eigenvalue weighted by Crippen LogP contribution is -2.07. The first-order valence-electron chi connectivity index (χ1n) is 6.57. The molecule has 0 bridgehead atoms. The molecular formula is C16H12ClN3O2. The zero-order valence-corrected chi connectivity index (χ0v) is 12.1. The van der Waals surface area contributed by atoms with Gasteiger partial charge in [0.15, 0.2) is 0 Å². The maximum absolute atomic E-state index is 11.9. The first kappa shape index (κ1) is 14.2. The van der Waals surface area contributed by atoms with Crippen molar-refractivity contribution in [3.63, 3.8) is 0 Å². The Labute approximate surface area is 130 Å². The van der Waals surface area contributed by atoms with E-state index in [1.165, 1.54) is 6.08 Å². The van der Waals surface area contributed by atoms with Gasteiger partial charge in [-0.05, 0) is 42.0 Å². The molecule has 2 aromatic carbocycles. The number of halogens is 1. The molecule has 22 heavy (non-hydrogen) atoms. The fourth-order valence-corrected chi connectivity index (χ4v) is 2.17. The number of aromatic amines is 2. The Bertz CT molecular complexity index is 907. The summed E-state index contributed by atoms with van der Waals surface area (Å²) in [6.07, 6.45) is 3.13. The first-order chi connectivity index (χ1) is 10.6. The molecule has 0 atom stereocenters. The zero-order valence-electron chi connectivity index (χ0n) is 11.4. The van der Waals surface area contributed by atoms with Gasteiger partial charge in [-0.1, -0.05) is 23.7 Å². The minimum Gasteiger partial charge on any atom is -0.322 e. The van der Waals surface area contributed by atoms with Crippen LogP contribution in [0.1, 0.15) is 5.56 Å². The minimum absolute atomic E-state index is 0.257. The lowest BCUT2D eigenvalue weighted by atomic mass is 10.2. The molecule has 0 fully saturated rings. The average molecular weight is 314 g/mol. The van der Waals surface area contributed by atoms with Gasteiger partial charge in [0.05, 0.1) is 11.0 Å².